The third-order valence-corrected chi connectivity index (χ3v) is 6.12. The van der Waals surface area contributed by atoms with Crippen molar-refractivity contribution < 1.29 is 9.52 Å². The van der Waals surface area contributed by atoms with Crippen molar-refractivity contribution in [1.29, 1.82) is 0 Å². The number of nitrogens with one attached hydrogen (secondary N) is 1. The van der Waals surface area contributed by atoms with E-state index in [1.54, 1.807) is 6.26 Å². The van der Waals surface area contributed by atoms with Crippen molar-refractivity contribution in [3.8, 4) is 0 Å². The van der Waals surface area contributed by atoms with Crippen LogP contribution in [0.25, 0.3) is 11.0 Å². The number of rotatable bonds is 4. The van der Waals surface area contributed by atoms with E-state index >= 15 is 0 Å². The molecule has 1 spiro atoms. The van der Waals surface area contributed by atoms with Gasteiger partial charge in [-0.15, -0.1) is 0 Å². The van der Waals surface area contributed by atoms with Gasteiger partial charge in [-0.1, -0.05) is 32.0 Å². The molecule has 4 atom stereocenters. The highest BCUT2D eigenvalue weighted by Crippen LogP contribution is 2.52. The molecule has 1 aliphatic heterocycles. The van der Waals surface area contributed by atoms with Crippen molar-refractivity contribution in [2.45, 2.75) is 51.4 Å². The number of benzene rings is 1. The molecule has 0 radical (unpaired) electrons. The van der Waals surface area contributed by atoms with E-state index in [-0.39, 0.29) is 17.6 Å². The highest BCUT2D eigenvalue weighted by Gasteiger charge is 2.57. The average molecular weight is 328 g/mol. The number of hydrogen-bond donors (Lipinski definition) is 2. The van der Waals surface area contributed by atoms with Crippen LogP contribution in [0, 0.1) is 11.3 Å². The molecule has 2 aromatic rings. The summed E-state index contributed by atoms with van der Waals surface area (Å²) in [5, 5.41) is 15.4. The monoisotopic (exact) mass is 328 g/mol. The average Bonchev–Trinajstić information content (AvgIpc) is 3.10. The van der Waals surface area contributed by atoms with E-state index in [4.69, 9.17) is 4.42 Å². The number of likely N-dealkylation sites (tertiary alicyclic amines) is 1. The largest absolute Gasteiger partial charge is 0.464 e. The first-order chi connectivity index (χ1) is 11.5. The Balaban J connectivity index is 1.45. The van der Waals surface area contributed by atoms with Crippen LogP contribution in [0.4, 0.5) is 0 Å². The lowest BCUT2D eigenvalue weighted by molar-refractivity contribution is -0.0828. The maximum Gasteiger partial charge on any atom is 0.138 e. The first kappa shape index (κ1) is 16.1. The molecule has 1 saturated heterocycles. The zero-order valence-electron chi connectivity index (χ0n) is 14.8. The van der Waals surface area contributed by atoms with E-state index in [1.807, 2.05) is 6.07 Å². The SMILES string of the molecule is CC(C)C1N(C)CC12C[C@@H](O)[C@H](NCc1cccc3ccoc13)C2. The molecule has 2 fully saturated rings. The Morgan fingerprint density at radius 3 is 2.92 bits per heavy atom. The molecule has 1 aromatic carbocycles. The van der Waals surface area contributed by atoms with Crippen LogP contribution in [0.2, 0.25) is 0 Å². The third-order valence-electron chi connectivity index (χ3n) is 6.12. The molecule has 4 nitrogen and oxygen atoms in total. The van der Waals surface area contributed by atoms with Crippen LogP contribution in [0.5, 0.6) is 0 Å². The van der Waals surface area contributed by atoms with Crippen LogP contribution < -0.4 is 5.32 Å². The fourth-order valence-corrected chi connectivity index (χ4v) is 5.49. The van der Waals surface area contributed by atoms with Crippen molar-refractivity contribution in [1.82, 2.24) is 10.2 Å². The van der Waals surface area contributed by atoms with Crippen molar-refractivity contribution in [2.75, 3.05) is 13.6 Å². The molecule has 24 heavy (non-hydrogen) atoms. The Morgan fingerprint density at radius 1 is 1.33 bits per heavy atom. The van der Waals surface area contributed by atoms with Gasteiger partial charge in [0.2, 0.25) is 0 Å². The minimum absolute atomic E-state index is 0.171. The van der Waals surface area contributed by atoms with Crippen molar-refractivity contribution in [3.05, 3.63) is 36.1 Å². The highest BCUT2D eigenvalue weighted by atomic mass is 16.3. The molecule has 2 unspecified atom stereocenters. The van der Waals surface area contributed by atoms with Crippen LogP contribution in [0.3, 0.4) is 0 Å². The van der Waals surface area contributed by atoms with Gasteiger partial charge in [-0.05, 0) is 31.9 Å². The van der Waals surface area contributed by atoms with Gasteiger partial charge in [-0.3, -0.25) is 0 Å². The minimum atomic E-state index is -0.254. The smallest absolute Gasteiger partial charge is 0.138 e. The van der Waals surface area contributed by atoms with E-state index in [0.29, 0.717) is 12.0 Å². The topological polar surface area (TPSA) is 48.6 Å². The molecule has 0 amide bonds. The normalized spacial score (nSPS) is 33.6. The summed E-state index contributed by atoms with van der Waals surface area (Å²) in [5.41, 5.74) is 2.41. The summed E-state index contributed by atoms with van der Waals surface area (Å²) >= 11 is 0. The zero-order valence-corrected chi connectivity index (χ0v) is 14.8. The number of aliphatic hydroxyl groups excluding tert-OH is 1. The van der Waals surface area contributed by atoms with Crippen LogP contribution in [0.1, 0.15) is 32.3 Å². The Labute approximate surface area is 143 Å². The molecule has 1 aliphatic carbocycles. The van der Waals surface area contributed by atoms with Gasteiger partial charge in [0.1, 0.15) is 5.58 Å². The van der Waals surface area contributed by atoms with Gasteiger partial charge in [0.15, 0.2) is 0 Å². The maximum atomic E-state index is 10.6. The lowest BCUT2D eigenvalue weighted by Gasteiger charge is -2.57. The summed E-state index contributed by atoms with van der Waals surface area (Å²) in [6.07, 6.45) is 3.47. The van der Waals surface area contributed by atoms with Crippen LogP contribution >= 0.6 is 0 Å². The predicted octanol–water partition coefficient (Wildman–Crippen LogP) is 3.00. The quantitative estimate of drug-likeness (QED) is 0.906. The summed E-state index contributed by atoms with van der Waals surface area (Å²) in [4.78, 5) is 2.45. The van der Waals surface area contributed by atoms with Crippen LogP contribution in [0.15, 0.2) is 34.9 Å². The minimum Gasteiger partial charge on any atom is -0.464 e. The first-order valence-corrected chi connectivity index (χ1v) is 9.07. The molecule has 1 aromatic heterocycles. The molecule has 0 bridgehead atoms. The van der Waals surface area contributed by atoms with Crippen LogP contribution in [-0.2, 0) is 6.54 Å². The fraction of sp³-hybridized carbons (Fsp3) is 0.600. The Hall–Kier alpha value is -1.36. The Morgan fingerprint density at radius 2 is 2.17 bits per heavy atom. The van der Waals surface area contributed by atoms with Crippen molar-refractivity contribution in [3.63, 3.8) is 0 Å². The van der Waals surface area contributed by atoms with E-state index in [0.717, 1.165) is 42.5 Å². The van der Waals surface area contributed by atoms with E-state index in [9.17, 15) is 5.11 Å². The second-order valence-corrected chi connectivity index (χ2v) is 8.19. The van der Waals surface area contributed by atoms with Gasteiger partial charge in [0.25, 0.3) is 0 Å². The predicted molar refractivity (Wildman–Crippen MR) is 95.8 cm³/mol. The molecule has 2 heterocycles. The molecule has 2 aliphatic rings. The van der Waals surface area contributed by atoms with Gasteiger partial charge < -0.3 is 19.7 Å². The Bertz CT molecular complexity index is 720. The number of para-hydroxylation sites is 1. The summed E-state index contributed by atoms with van der Waals surface area (Å²) in [5.74, 6) is 0.631. The maximum absolute atomic E-state index is 10.6. The second kappa shape index (κ2) is 5.87. The molecule has 2 N–H and O–H groups in total. The lowest BCUT2D eigenvalue weighted by atomic mass is 9.66. The number of nitrogens with zero attached hydrogens (tertiary/aromatic N) is 1. The third kappa shape index (κ3) is 2.48. The lowest BCUT2D eigenvalue weighted by Crippen LogP contribution is -2.64. The van der Waals surface area contributed by atoms with Gasteiger partial charge in [0.05, 0.1) is 12.4 Å². The molecular weight excluding hydrogens is 300 g/mol. The van der Waals surface area contributed by atoms with Gasteiger partial charge >= 0.3 is 0 Å². The highest BCUT2D eigenvalue weighted by molar-refractivity contribution is 5.80. The second-order valence-electron chi connectivity index (χ2n) is 8.19. The number of aliphatic hydroxyl groups is 1. The number of fused-ring (bicyclic) bond motifs is 1. The first-order valence-electron chi connectivity index (χ1n) is 9.07. The Kier molecular flexibility index (Phi) is 3.94. The van der Waals surface area contributed by atoms with Gasteiger partial charge in [0, 0.05) is 41.5 Å². The van der Waals surface area contributed by atoms with Crippen LogP contribution in [-0.4, -0.2) is 41.8 Å². The summed E-state index contributed by atoms with van der Waals surface area (Å²) in [6.45, 7) is 6.45. The van der Waals surface area contributed by atoms with E-state index in [2.05, 4.69) is 49.3 Å². The summed E-state index contributed by atoms with van der Waals surface area (Å²) < 4.78 is 5.62. The number of furan rings is 1. The zero-order chi connectivity index (χ0) is 16.9. The van der Waals surface area contributed by atoms with Gasteiger partial charge in [-0.25, -0.2) is 0 Å². The summed E-state index contributed by atoms with van der Waals surface area (Å²) in [6, 6.07) is 8.99. The van der Waals surface area contributed by atoms with Gasteiger partial charge in [-0.2, -0.15) is 0 Å². The van der Waals surface area contributed by atoms with E-state index in [1.165, 1.54) is 0 Å². The fourth-order valence-electron chi connectivity index (χ4n) is 5.49. The molecule has 1 saturated carbocycles. The molecule has 4 heteroatoms. The molecule has 130 valence electrons. The molecule has 4 rings (SSSR count). The number of hydrogen-bond acceptors (Lipinski definition) is 4. The summed E-state index contributed by atoms with van der Waals surface area (Å²) in [7, 11) is 2.21. The standard InChI is InChI=1S/C20H28N2O2/c1-13(2)19-20(12-22(19)3)9-16(17(23)10-20)21-11-15-6-4-5-14-7-8-24-18(14)15/h4-8,13,16-17,19,21,23H,9-12H2,1-3H3/t16-,17-,19?,20?/m1/s1. The molecular formula is C20H28N2O2. The van der Waals surface area contributed by atoms with Crippen molar-refractivity contribution >= 4 is 11.0 Å². The van der Waals surface area contributed by atoms with Crippen molar-refractivity contribution in [2.24, 2.45) is 11.3 Å². The van der Waals surface area contributed by atoms with E-state index < -0.39 is 0 Å².